The Labute approximate surface area is 107 Å². The van der Waals surface area contributed by atoms with Crippen LogP contribution in [0.1, 0.15) is 23.3 Å². The van der Waals surface area contributed by atoms with E-state index in [9.17, 15) is 5.11 Å². The molecule has 0 radical (unpaired) electrons. The third-order valence-electron chi connectivity index (χ3n) is 2.96. The standard InChI is InChI=1S/C15H17NO2/c1-18-13-9-5-8-12(10-13)14(16)15(17)11-6-3-2-4-7-11/h2-10,14-15,17H,16H2,1H3. The van der Waals surface area contributed by atoms with Crippen molar-refractivity contribution in [2.75, 3.05) is 7.11 Å². The molecule has 2 aromatic carbocycles. The Bertz CT molecular complexity index is 499. The van der Waals surface area contributed by atoms with Gasteiger partial charge in [-0.3, -0.25) is 0 Å². The maximum Gasteiger partial charge on any atom is 0.119 e. The van der Waals surface area contributed by atoms with Crippen LogP contribution >= 0.6 is 0 Å². The van der Waals surface area contributed by atoms with E-state index >= 15 is 0 Å². The van der Waals surface area contributed by atoms with Gasteiger partial charge in [0.15, 0.2) is 0 Å². The van der Waals surface area contributed by atoms with Gasteiger partial charge in [-0.15, -0.1) is 0 Å². The Balaban J connectivity index is 2.22. The number of nitrogens with two attached hydrogens (primary N) is 1. The summed E-state index contributed by atoms with van der Waals surface area (Å²) in [5.74, 6) is 0.739. The molecular formula is C15H17NO2. The molecule has 0 saturated carbocycles. The van der Waals surface area contributed by atoms with Crippen molar-refractivity contribution in [1.82, 2.24) is 0 Å². The van der Waals surface area contributed by atoms with Gasteiger partial charge in [0.25, 0.3) is 0 Å². The predicted octanol–water partition coefficient (Wildman–Crippen LogP) is 2.43. The Kier molecular flexibility index (Phi) is 3.97. The van der Waals surface area contributed by atoms with E-state index in [0.29, 0.717) is 0 Å². The van der Waals surface area contributed by atoms with Crippen LogP contribution in [0.3, 0.4) is 0 Å². The number of rotatable bonds is 4. The molecule has 94 valence electrons. The molecule has 3 N–H and O–H groups in total. The van der Waals surface area contributed by atoms with E-state index in [1.807, 2.05) is 54.6 Å². The number of hydrogen-bond acceptors (Lipinski definition) is 3. The minimum absolute atomic E-state index is 0.470. The summed E-state index contributed by atoms with van der Waals surface area (Å²) in [6.45, 7) is 0. The van der Waals surface area contributed by atoms with Crippen molar-refractivity contribution in [2.24, 2.45) is 5.73 Å². The molecule has 0 aromatic heterocycles. The van der Waals surface area contributed by atoms with Crippen molar-refractivity contribution in [1.29, 1.82) is 0 Å². The molecule has 0 saturated heterocycles. The highest BCUT2D eigenvalue weighted by Gasteiger charge is 2.18. The van der Waals surface area contributed by atoms with E-state index < -0.39 is 12.1 Å². The van der Waals surface area contributed by atoms with Crippen LogP contribution in [0.5, 0.6) is 5.75 Å². The van der Waals surface area contributed by atoms with Crippen LogP contribution in [-0.4, -0.2) is 12.2 Å². The van der Waals surface area contributed by atoms with Crippen molar-refractivity contribution < 1.29 is 9.84 Å². The first-order valence-corrected chi connectivity index (χ1v) is 5.85. The Hall–Kier alpha value is -1.84. The highest BCUT2D eigenvalue weighted by atomic mass is 16.5. The number of ether oxygens (including phenoxy) is 1. The fourth-order valence-electron chi connectivity index (χ4n) is 1.89. The number of aliphatic hydroxyl groups excluding tert-OH is 1. The third kappa shape index (κ3) is 2.70. The predicted molar refractivity (Wildman–Crippen MR) is 71.3 cm³/mol. The number of hydrogen-bond donors (Lipinski definition) is 2. The zero-order valence-electron chi connectivity index (χ0n) is 10.3. The van der Waals surface area contributed by atoms with E-state index in [0.717, 1.165) is 16.9 Å². The van der Waals surface area contributed by atoms with Gasteiger partial charge in [-0.25, -0.2) is 0 Å². The van der Waals surface area contributed by atoms with Gasteiger partial charge < -0.3 is 15.6 Å². The van der Waals surface area contributed by atoms with Crippen LogP contribution in [-0.2, 0) is 0 Å². The summed E-state index contributed by atoms with van der Waals surface area (Å²) in [7, 11) is 1.61. The Morgan fingerprint density at radius 1 is 1.00 bits per heavy atom. The summed E-state index contributed by atoms with van der Waals surface area (Å²) in [6, 6.07) is 16.4. The average molecular weight is 243 g/mol. The van der Waals surface area contributed by atoms with Gasteiger partial charge in [0.2, 0.25) is 0 Å². The molecule has 0 aliphatic rings. The molecule has 0 heterocycles. The van der Waals surface area contributed by atoms with Crippen LogP contribution in [0, 0.1) is 0 Å². The highest BCUT2D eigenvalue weighted by molar-refractivity contribution is 5.32. The van der Waals surface area contributed by atoms with Crippen molar-refractivity contribution in [3.8, 4) is 5.75 Å². The van der Waals surface area contributed by atoms with Crippen molar-refractivity contribution >= 4 is 0 Å². The number of benzene rings is 2. The first kappa shape index (κ1) is 12.6. The van der Waals surface area contributed by atoms with Crippen LogP contribution in [0.2, 0.25) is 0 Å². The molecule has 0 amide bonds. The molecule has 18 heavy (non-hydrogen) atoms. The molecule has 2 atom stereocenters. The largest absolute Gasteiger partial charge is 0.497 e. The van der Waals surface area contributed by atoms with Gasteiger partial charge in [-0.2, -0.15) is 0 Å². The average Bonchev–Trinajstić information content (AvgIpc) is 2.46. The lowest BCUT2D eigenvalue weighted by Gasteiger charge is -2.20. The highest BCUT2D eigenvalue weighted by Crippen LogP contribution is 2.28. The second-order valence-electron chi connectivity index (χ2n) is 4.16. The summed E-state index contributed by atoms with van der Waals surface area (Å²) in [5.41, 5.74) is 7.75. The van der Waals surface area contributed by atoms with Crippen LogP contribution < -0.4 is 10.5 Å². The lowest BCUT2D eigenvalue weighted by atomic mass is 9.96. The molecule has 2 rings (SSSR count). The maximum absolute atomic E-state index is 10.2. The monoisotopic (exact) mass is 243 g/mol. The van der Waals surface area contributed by atoms with Gasteiger partial charge >= 0.3 is 0 Å². The molecule has 2 aromatic rings. The second-order valence-corrected chi connectivity index (χ2v) is 4.16. The fourth-order valence-corrected chi connectivity index (χ4v) is 1.89. The molecule has 0 aliphatic carbocycles. The molecule has 0 bridgehead atoms. The number of methoxy groups -OCH3 is 1. The summed E-state index contributed by atoms with van der Waals surface area (Å²) in [6.07, 6.45) is -0.724. The van der Waals surface area contributed by atoms with Crippen molar-refractivity contribution in [2.45, 2.75) is 12.1 Å². The maximum atomic E-state index is 10.2. The van der Waals surface area contributed by atoms with Crippen LogP contribution in [0.4, 0.5) is 0 Å². The lowest BCUT2D eigenvalue weighted by Crippen LogP contribution is -2.19. The van der Waals surface area contributed by atoms with Crippen LogP contribution in [0.15, 0.2) is 54.6 Å². The van der Waals surface area contributed by atoms with Gasteiger partial charge in [-0.1, -0.05) is 42.5 Å². The quantitative estimate of drug-likeness (QED) is 0.867. The second kappa shape index (κ2) is 5.67. The van der Waals surface area contributed by atoms with Crippen molar-refractivity contribution in [3.05, 3.63) is 65.7 Å². The smallest absolute Gasteiger partial charge is 0.119 e. The SMILES string of the molecule is COc1cccc(C(N)C(O)c2ccccc2)c1. The molecule has 3 nitrogen and oxygen atoms in total. The van der Waals surface area contributed by atoms with Gasteiger partial charge in [0, 0.05) is 0 Å². The number of aliphatic hydroxyl groups is 1. The molecule has 0 aliphatic heterocycles. The summed E-state index contributed by atoms with van der Waals surface area (Å²) >= 11 is 0. The molecular weight excluding hydrogens is 226 g/mol. The first-order valence-electron chi connectivity index (χ1n) is 5.85. The minimum Gasteiger partial charge on any atom is -0.497 e. The van der Waals surface area contributed by atoms with E-state index in [4.69, 9.17) is 10.5 Å². The Morgan fingerprint density at radius 3 is 2.33 bits per heavy atom. The third-order valence-corrected chi connectivity index (χ3v) is 2.96. The molecule has 2 unspecified atom stereocenters. The molecule has 3 heteroatoms. The van der Waals surface area contributed by atoms with E-state index in [2.05, 4.69) is 0 Å². The first-order chi connectivity index (χ1) is 8.72. The van der Waals surface area contributed by atoms with E-state index in [-0.39, 0.29) is 0 Å². The normalized spacial score (nSPS) is 13.9. The molecule has 0 fully saturated rings. The van der Waals surface area contributed by atoms with Gasteiger partial charge in [0.05, 0.1) is 19.3 Å². The fraction of sp³-hybridized carbons (Fsp3) is 0.200. The van der Waals surface area contributed by atoms with Crippen molar-refractivity contribution in [3.63, 3.8) is 0 Å². The zero-order valence-corrected chi connectivity index (χ0v) is 10.3. The van der Waals surface area contributed by atoms with Gasteiger partial charge in [0.1, 0.15) is 5.75 Å². The van der Waals surface area contributed by atoms with E-state index in [1.54, 1.807) is 7.11 Å². The summed E-state index contributed by atoms with van der Waals surface area (Å²) in [5, 5.41) is 10.2. The van der Waals surface area contributed by atoms with Gasteiger partial charge in [-0.05, 0) is 23.3 Å². The van der Waals surface area contributed by atoms with Crippen LogP contribution in [0.25, 0.3) is 0 Å². The topological polar surface area (TPSA) is 55.5 Å². The Morgan fingerprint density at radius 2 is 1.67 bits per heavy atom. The lowest BCUT2D eigenvalue weighted by molar-refractivity contribution is 0.147. The summed E-state index contributed by atoms with van der Waals surface area (Å²) < 4.78 is 5.15. The zero-order chi connectivity index (χ0) is 13.0. The molecule has 0 spiro atoms. The van der Waals surface area contributed by atoms with E-state index in [1.165, 1.54) is 0 Å². The minimum atomic E-state index is -0.724. The summed E-state index contributed by atoms with van der Waals surface area (Å²) in [4.78, 5) is 0.